The van der Waals surface area contributed by atoms with Gasteiger partial charge in [0.25, 0.3) is 0 Å². The van der Waals surface area contributed by atoms with Crippen molar-refractivity contribution in [2.24, 2.45) is 0 Å². The molecule has 2 aromatic heterocycles. The lowest BCUT2D eigenvalue weighted by molar-refractivity contribution is 0.630. The number of nitrogen functional groups attached to an aromatic ring is 1. The molecule has 0 spiro atoms. The quantitative estimate of drug-likeness (QED) is 0.762. The molecule has 0 aliphatic heterocycles. The molecule has 0 amide bonds. The van der Waals surface area contributed by atoms with Gasteiger partial charge in [-0.05, 0) is 24.6 Å². The van der Waals surface area contributed by atoms with E-state index in [-0.39, 0.29) is 17.6 Å². The molecule has 2 heterocycles. The van der Waals surface area contributed by atoms with E-state index in [1.54, 1.807) is 29.1 Å². The van der Waals surface area contributed by atoms with Crippen LogP contribution in [0, 0.1) is 12.7 Å². The predicted molar refractivity (Wildman–Crippen MR) is 75.8 cm³/mol. The Kier molecular flexibility index (Phi) is 3.19. The second kappa shape index (κ2) is 5.16. The number of benzene rings is 1. The molecule has 0 atom stereocenters. The van der Waals surface area contributed by atoms with Crippen molar-refractivity contribution in [2.45, 2.75) is 6.92 Å². The van der Waals surface area contributed by atoms with E-state index >= 15 is 0 Å². The first-order valence-corrected chi connectivity index (χ1v) is 6.15. The fourth-order valence-electron chi connectivity index (χ4n) is 1.77. The van der Waals surface area contributed by atoms with Crippen molar-refractivity contribution in [3.63, 3.8) is 0 Å². The molecule has 3 rings (SSSR count). The van der Waals surface area contributed by atoms with Gasteiger partial charge in [0.15, 0.2) is 0 Å². The Bertz CT molecular complexity index is 770. The summed E-state index contributed by atoms with van der Waals surface area (Å²) in [6.07, 6.45) is 4.79. The normalized spacial score (nSPS) is 10.6. The molecule has 1 aromatic carbocycles. The Labute approximate surface area is 119 Å². The van der Waals surface area contributed by atoms with E-state index in [4.69, 9.17) is 5.73 Å². The minimum Gasteiger partial charge on any atom is -0.368 e. The lowest BCUT2D eigenvalue weighted by Gasteiger charge is -2.08. The van der Waals surface area contributed by atoms with Crippen LogP contribution in [0.4, 0.5) is 22.0 Å². The fraction of sp³-hybridized carbons (Fsp3) is 0.0769. The molecule has 0 aliphatic rings. The monoisotopic (exact) mass is 285 g/mol. The van der Waals surface area contributed by atoms with Crippen LogP contribution in [-0.2, 0) is 0 Å². The van der Waals surface area contributed by atoms with Crippen LogP contribution >= 0.6 is 0 Å². The zero-order valence-electron chi connectivity index (χ0n) is 11.2. The van der Waals surface area contributed by atoms with E-state index in [0.29, 0.717) is 5.95 Å². The number of aromatic nitrogens is 5. The topological polar surface area (TPSA) is 94.5 Å². The third kappa shape index (κ3) is 2.78. The zero-order chi connectivity index (χ0) is 14.8. The third-order valence-corrected chi connectivity index (χ3v) is 2.75. The maximum Gasteiger partial charge on any atom is 0.241 e. The van der Waals surface area contributed by atoms with Crippen LogP contribution in [0.5, 0.6) is 0 Å². The summed E-state index contributed by atoms with van der Waals surface area (Å²) >= 11 is 0. The summed E-state index contributed by atoms with van der Waals surface area (Å²) < 4.78 is 15.4. The fourth-order valence-corrected chi connectivity index (χ4v) is 1.77. The van der Waals surface area contributed by atoms with Crippen LogP contribution in [0.1, 0.15) is 5.56 Å². The summed E-state index contributed by atoms with van der Waals surface area (Å²) in [5.74, 6) is 0.103. The highest BCUT2D eigenvalue weighted by Gasteiger charge is 2.09. The zero-order valence-corrected chi connectivity index (χ0v) is 11.2. The first-order valence-electron chi connectivity index (χ1n) is 6.15. The summed E-state index contributed by atoms with van der Waals surface area (Å²) in [4.78, 5) is 16.0. The van der Waals surface area contributed by atoms with Gasteiger partial charge in [0, 0.05) is 12.4 Å². The number of imidazole rings is 1. The molecule has 0 radical (unpaired) electrons. The van der Waals surface area contributed by atoms with Crippen LogP contribution in [-0.4, -0.2) is 24.5 Å². The summed E-state index contributed by atoms with van der Waals surface area (Å²) in [7, 11) is 0. The van der Waals surface area contributed by atoms with Crippen LogP contribution in [0.3, 0.4) is 0 Å². The van der Waals surface area contributed by atoms with Crippen LogP contribution in [0.25, 0.3) is 5.95 Å². The second-order valence-electron chi connectivity index (χ2n) is 4.40. The van der Waals surface area contributed by atoms with Gasteiger partial charge in [-0.25, -0.2) is 9.37 Å². The number of hydrogen-bond acceptors (Lipinski definition) is 6. The molecular formula is C13H12FN7. The summed E-state index contributed by atoms with van der Waals surface area (Å²) in [6, 6.07) is 4.82. The van der Waals surface area contributed by atoms with E-state index < -0.39 is 5.82 Å². The van der Waals surface area contributed by atoms with Crippen molar-refractivity contribution in [3.8, 4) is 5.95 Å². The first-order chi connectivity index (χ1) is 10.1. The number of anilines is 3. The van der Waals surface area contributed by atoms with Crippen molar-refractivity contribution in [1.29, 1.82) is 0 Å². The van der Waals surface area contributed by atoms with Crippen LogP contribution in [0.2, 0.25) is 0 Å². The van der Waals surface area contributed by atoms with Gasteiger partial charge in [0.1, 0.15) is 12.1 Å². The number of hydrogen-bond donors (Lipinski definition) is 2. The van der Waals surface area contributed by atoms with E-state index in [9.17, 15) is 4.39 Å². The Morgan fingerprint density at radius 1 is 1.24 bits per heavy atom. The lowest BCUT2D eigenvalue weighted by atomic mass is 10.2. The molecule has 7 nitrogen and oxygen atoms in total. The van der Waals surface area contributed by atoms with Gasteiger partial charge in [0.05, 0.1) is 5.69 Å². The molecule has 0 unspecified atom stereocenters. The number of nitrogens with zero attached hydrogens (tertiary/aromatic N) is 5. The highest BCUT2D eigenvalue weighted by Crippen LogP contribution is 2.19. The average molecular weight is 285 g/mol. The smallest absolute Gasteiger partial charge is 0.241 e. The Morgan fingerprint density at radius 3 is 2.81 bits per heavy atom. The molecule has 21 heavy (non-hydrogen) atoms. The highest BCUT2D eigenvalue weighted by atomic mass is 19.1. The van der Waals surface area contributed by atoms with Gasteiger partial charge in [0.2, 0.25) is 17.8 Å². The van der Waals surface area contributed by atoms with Crippen LogP contribution < -0.4 is 11.1 Å². The van der Waals surface area contributed by atoms with E-state index in [1.807, 2.05) is 6.92 Å². The molecule has 0 saturated carbocycles. The van der Waals surface area contributed by atoms with Crippen molar-refractivity contribution < 1.29 is 4.39 Å². The minimum atomic E-state index is -0.391. The van der Waals surface area contributed by atoms with Gasteiger partial charge >= 0.3 is 0 Å². The van der Waals surface area contributed by atoms with E-state index in [2.05, 4.69) is 25.3 Å². The average Bonchev–Trinajstić information content (AvgIpc) is 2.95. The molecular weight excluding hydrogens is 273 g/mol. The van der Waals surface area contributed by atoms with Crippen molar-refractivity contribution in [1.82, 2.24) is 24.5 Å². The van der Waals surface area contributed by atoms with Crippen LogP contribution in [0.15, 0.2) is 36.9 Å². The summed E-state index contributed by atoms with van der Waals surface area (Å²) in [5.41, 5.74) is 6.74. The predicted octanol–water partition coefficient (Wildman–Crippen LogP) is 1.83. The van der Waals surface area contributed by atoms with Gasteiger partial charge in [-0.15, -0.1) is 0 Å². The van der Waals surface area contributed by atoms with Crippen molar-refractivity contribution in [2.75, 3.05) is 11.1 Å². The first kappa shape index (κ1) is 13.0. The number of nitrogens with one attached hydrogen (secondary N) is 1. The molecule has 0 saturated heterocycles. The maximum atomic E-state index is 13.8. The SMILES string of the molecule is Cc1ccc(Nc2nc(N)nc(-n3ccnc3)n2)c(F)c1. The van der Waals surface area contributed by atoms with Crippen molar-refractivity contribution in [3.05, 3.63) is 48.3 Å². The van der Waals surface area contributed by atoms with Gasteiger partial charge in [-0.1, -0.05) is 6.07 Å². The number of halogens is 1. The lowest BCUT2D eigenvalue weighted by Crippen LogP contribution is -2.08. The van der Waals surface area contributed by atoms with Gasteiger partial charge in [-0.3, -0.25) is 4.57 Å². The van der Waals surface area contributed by atoms with Crippen molar-refractivity contribution >= 4 is 17.6 Å². The maximum absolute atomic E-state index is 13.8. The summed E-state index contributed by atoms with van der Waals surface area (Å²) in [5, 5.41) is 2.79. The molecule has 3 N–H and O–H groups in total. The molecule has 8 heteroatoms. The Hall–Kier alpha value is -3.03. The van der Waals surface area contributed by atoms with Gasteiger partial charge < -0.3 is 11.1 Å². The highest BCUT2D eigenvalue weighted by molar-refractivity contribution is 5.55. The molecule has 0 aliphatic carbocycles. The third-order valence-electron chi connectivity index (χ3n) is 2.75. The molecule has 3 aromatic rings. The minimum absolute atomic E-state index is 0.0312. The molecule has 0 fully saturated rings. The summed E-state index contributed by atoms with van der Waals surface area (Å²) in [6.45, 7) is 1.81. The number of rotatable bonds is 3. The number of aryl methyl sites for hydroxylation is 1. The Balaban J connectivity index is 1.95. The molecule has 106 valence electrons. The Morgan fingerprint density at radius 2 is 2.10 bits per heavy atom. The van der Waals surface area contributed by atoms with Gasteiger partial charge in [-0.2, -0.15) is 15.0 Å². The largest absolute Gasteiger partial charge is 0.368 e. The standard InChI is InChI=1S/C13H12FN7/c1-8-2-3-10(9(14)6-8)17-12-18-11(15)19-13(20-12)21-5-4-16-7-21/h2-7H,1H3,(H3,15,17,18,19,20). The molecule has 0 bridgehead atoms. The second-order valence-corrected chi connectivity index (χ2v) is 4.40. The number of nitrogens with two attached hydrogens (primary N) is 1. The van der Waals surface area contributed by atoms with E-state index in [0.717, 1.165) is 5.56 Å². The van der Waals surface area contributed by atoms with E-state index in [1.165, 1.54) is 12.4 Å².